The van der Waals surface area contributed by atoms with E-state index < -0.39 is 6.10 Å². The summed E-state index contributed by atoms with van der Waals surface area (Å²) in [5, 5.41) is 21.0. The lowest BCUT2D eigenvalue weighted by Crippen LogP contribution is -2.30. The second-order valence-corrected chi connectivity index (χ2v) is 8.19. The average Bonchev–Trinajstić information content (AvgIpc) is 2.67. The minimum Gasteiger partial charge on any atom is -0.396 e. The molecule has 0 spiro atoms. The zero-order chi connectivity index (χ0) is 19.0. The fourth-order valence-corrected chi connectivity index (χ4v) is 3.80. The van der Waals surface area contributed by atoms with E-state index in [1.165, 1.54) is 11.1 Å². The van der Waals surface area contributed by atoms with Gasteiger partial charge in [-0.25, -0.2) is 0 Å². The lowest BCUT2D eigenvalue weighted by atomic mass is 9.70. The second-order valence-electron chi connectivity index (χ2n) is 8.19. The van der Waals surface area contributed by atoms with Gasteiger partial charge in [-0.1, -0.05) is 94.3 Å². The Balaban J connectivity index is 2.46. The van der Waals surface area contributed by atoms with Gasteiger partial charge in [0.05, 0.1) is 6.10 Å². The molecule has 0 radical (unpaired) electrons. The summed E-state index contributed by atoms with van der Waals surface area (Å²) in [5.74, 6) is 0.184. The summed E-state index contributed by atoms with van der Waals surface area (Å²) in [4.78, 5) is 0. The Kier molecular flexibility index (Phi) is 7.86. The second kappa shape index (κ2) is 9.89. The van der Waals surface area contributed by atoms with E-state index in [0.717, 1.165) is 25.7 Å². The van der Waals surface area contributed by atoms with E-state index in [9.17, 15) is 10.2 Å². The molecule has 2 aromatic rings. The van der Waals surface area contributed by atoms with Gasteiger partial charge in [0.1, 0.15) is 0 Å². The van der Waals surface area contributed by atoms with Crippen molar-refractivity contribution in [2.45, 2.75) is 64.4 Å². The van der Waals surface area contributed by atoms with Crippen LogP contribution in [0.2, 0.25) is 0 Å². The molecule has 0 amide bonds. The van der Waals surface area contributed by atoms with Crippen molar-refractivity contribution in [2.75, 3.05) is 6.61 Å². The Morgan fingerprint density at radius 1 is 0.885 bits per heavy atom. The number of rotatable bonds is 10. The molecule has 2 rings (SSSR count). The molecule has 2 nitrogen and oxygen atoms in total. The van der Waals surface area contributed by atoms with Gasteiger partial charge in [-0.05, 0) is 35.3 Å². The van der Waals surface area contributed by atoms with Crippen molar-refractivity contribution in [3.05, 3.63) is 71.8 Å². The summed E-state index contributed by atoms with van der Waals surface area (Å²) in [6.45, 7) is 6.50. The van der Waals surface area contributed by atoms with Gasteiger partial charge < -0.3 is 10.2 Å². The van der Waals surface area contributed by atoms with Gasteiger partial charge in [0, 0.05) is 12.5 Å². The number of hydrogen-bond acceptors (Lipinski definition) is 2. The van der Waals surface area contributed by atoms with Gasteiger partial charge in [-0.15, -0.1) is 0 Å². The third kappa shape index (κ3) is 5.69. The molecule has 3 atom stereocenters. The SMILES string of the molecule is CCCCC(O)C(c1ccccc1)C(CC(C)(C)CO)c1ccccc1. The van der Waals surface area contributed by atoms with Crippen molar-refractivity contribution in [3.8, 4) is 0 Å². The molecule has 26 heavy (non-hydrogen) atoms. The van der Waals surface area contributed by atoms with E-state index in [1.54, 1.807) is 0 Å². The normalized spacial score (nSPS) is 15.4. The van der Waals surface area contributed by atoms with E-state index >= 15 is 0 Å². The number of hydrogen-bond donors (Lipinski definition) is 2. The van der Waals surface area contributed by atoms with Crippen LogP contribution in [0.25, 0.3) is 0 Å². The van der Waals surface area contributed by atoms with Crippen LogP contribution in [-0.2, 0) is 0 Å². The Bertz CT molecular complexity index is 621. The van der Waals surface area contributed by atoms with E-state index in [4.69, 9.17) is 0 Å². The summed E-state index contributed by atoms with van der Waals surface area (Å²) in [6.07, 6.45) is 3.35. The Morgan fingerprint density at radius 2 is 1.42 bits per heavy atom. The van der Waals surface area contributed by atoms with E-state index in [2.05, 4.69) is 57.2 Å². The van der Waals surface area contributed by atoms with Crippen molar-refractivity contribution < 1.29 is 10.2 Å². The lowest BCUT2D eigenvalue weighted by molar-refractivity contribution is 0.0913. The van der Waals surface area contributed by atoms with Gasteiger partial charge in [0.25, 0.3) is 0 Å². The summed E-state index contributed by atoms with van der Waals surface area (Å²) >= 11 is 0. The van der Waals surface area contributed by atoms with Gasteiger partial charge in [-0.3, -0.25) is 0 Å². The smallest absolute Gasteiger partial charge is 0.0614 e. The van der Waals surface area contributed by atoms with Gasteiger partial charge in [0.2, 0.25) is 0 Å². The van der Waals surface area contributed by atoms with Crippen LogP contribution in [-0.4, -0.2) is 22.9 Å². The van der Waals surface area contributed by atoms with Gasteiger partial charge in [-0.2, -0.15) is 0 Å². The van der Waals surface area contributed by atoms with Crippen LogP contribution in [0.5, 0.6) is 0 Å². The molecule has 0 aliphatic heterocycles. The first kappa shape index (κ1) is 20.7. The Morgan fingerprint density at radius 3 is 1.92 bits per heavy atom. The molecule has 2 aromatic carbocycles. The molecule has 0 saturated carbocycles. The van der Waals surface area contributed by atoms with Gasteiger partial charge in [0.15, 0.2) is 0 Å². The van der Waals surface area contributed by atoms with Crippen LogP contribution in [0.1, 0.15) is 69.4 Å². The Hall–Kier alpha value is -1.64. The molecule has 0 bridgehead atoms. The molecule has 0 saturated heterocycles. The first-order valence-electron chi connectivity index (χ1n) is 9.87. The lowest BCUT2D eigenvalue weighted by Gasteiger charge is -2.36. The standard InChI is InChI=1S/C24H34O2/c1-4-5-16-22(26)23(20-14-10-7-11-15-20)21(17-24(2,3)18-25)19-12-8-6-9-13-19/h6-15,21-23,25-26H,4-5,16-18H2,1-3H3. The van der Waals surface area contributed by atoms with Crippen molar-refractivity contribution in [3.63, 3.8) is 0 Å². The molecule has 2 N–H and O–H groups in total. The maximum atomic E-state index is 11.1. The third-order valence-electron chi connectivity index (χ3n) is 5.31. The number of unbranched alkanes of at least 4 members (excludes halogenated alkanes) is 1. The topological polar surface area (TPSA) is 40.5 Å². The van der Waals surface area contributed by atoms with Crippen LogP contribution in [0.4, 0.5) is 0 Å². The highest BCUT2D eigenvalue weighted by Crippen LogP contribution is 2.44. The molecular formula is C24H34O2. The summed E-state index contributed by atoms with van der Waals surface area (Å²) in [5.41, 5.74) is 2.22. The van der Waals surface area contributed by atoms with E-state index in [1.807, 2.05) is 24.3 Å². The molecule has 0 aromatic heterocycles. The van der Waals surface area contributed by atoms with Crippen LogP contribution in [0.15, 0.2) is 60.7 Å². The van der Waals surface area contributed by atoms with Crippen molar-refractivity contribution in [1.82, 2.24) is 0 Å². The van der Waals surface area contributed by atoms with Crippen molar-refractivity contribution in [1.29, 1.82) is 0 Å². The minimum absolute atomic E-state index is 0.0241. The molecule has 3 unspecified atom stereocenters. The summed E-state index contributed by atoms with van der Waals surface area (Å²) in [6, 6.07) is 20.8. The Labute approximate surface area is 158 Å². The highest BCUT2D eigenvalue weighted by Gasteiger charge is 2.34. The zero-order valence-electron chi connectivity index (χ0n) is 16.4. The number of benzene rings is 2. The van der Waals surface area contributed by atoms with Crippen LogP contribution in [0, 0.1) is 5.41 Å². The van der Waals surface area contributed by atoms with Crippen LogP contribution < -0.4 is 0 Å². The monoisotopic (exact) mass is 354 g/mol. The quantitative estimate of drug-likeness (QED) is 0.590. The predicted molar refractivity (Wildman–Crippen MR) is 109 cm³/mol. The third-order valence-corrected chi connectivity index (χ3v) is 5.31. The average molecular weight is 355 g/mol. The predicted octanol–water partition coefficient (Wildman–Crippen LogP) is 5.51. The van der Waals surface area contributed by atoms with Crippen LogP contribution >= 0.6 is 0 Å². The first-order chi connectivity index (χ1) is 12.5. The van der Waals surface area contributed by atoms with Gasteiger partial charge >= 0.3 is 0 Å². The highest BCUT2D eigenvalue weighted by molar-refractivity contribution is 5.30. The minimum atomic E-state index is -0.392. The maximum absolute atomic E-state index is 11.1. The van der Waals surface area contributed by atoms with Crippen LogP contribution in [0.3, 0.4) is 0 Å². The van der Waals surface area contributed by atoms with E-state index in [0.29, 0.717) is 0 Å². The fourth-order valence-electron chi connectivity index (χ4n) is 3.80. The molecule has 0 aliphatic rings. The molecule has 0 fully saturated rings. The molecular weight excluding hydrogens is 320 g/mol. The number of aliphatic hydroxyl groups excluding tert-OH is 2. The maximum Gasteiger partial charge on any atom is 0.0614 e. The zero-order valence-corrected chi connectivity index (χ0v) is 16.4. The molecule has 0 aliphatic carbocycles. The highest BCUT2D eigenvalue weighted by atomic mass is 16.3. The molecule has 142 valence electrons. The fraction of sp³-hybridized carbons (Fsp3) is 0.500. The summed E-state index contributed by atoms with van der Waals surface area (Å²) < 4.78 is 0. The van der Waals surface area contributed by atoms with Crippen molar-refractivity contribution in [2.24, 2.45) is 5.41 Å². The van der Waals surface area contributed by atoms with Crippen molar-refractivity contribution >= 4 is 0 Å². The molecule has 0 heterocycles. The number of aliphatic hydroxyl groups is 2. The summed E-state index contributed by atoms with van der Waals surface area (Å²) in [7, 11) is 0. The first-order valence-corrected chi connectivity index (χ1v) is 9.87. The molecule has 2 heteroatoms. The largest absolute Gasteiger partial charge is 0.396 e. The van der Waals surface area contributed by atoms with E-state index in [-0.39, 0.29) is 23.9 Å².